The maximum absolute atomic E-state index is 10.7. The Balaban J connectivity index is 1.99. The standard InChI is InChI=1S/C12H11N3O/c16-9-14-7-10-2-3-12(6-11(10)8-14)15-5-1-4-13-15/h1-6,9H,7-8H2. The first kappa shape index (κ1) is 9.15. The van der Waals surface area contributed by atoms with Crippen LogP contribution in [0.2, 0.25) is 0 Å². The summed E-state index contributed by atoms with van der Waals surface area (Å²) in [4.78, 5) is 12.5. The first-order valence-corrected chi connectivity index (χ1v) is 5.18. The topological polar surface area (TPSA) is 38.1 Å². The molecule has 0 unspecified atom stereocenters. The van der Waals surface area contributed by atoms with Gasteiger partial charge in [0.15, 0.2) is 0 Å². The summed E-state index contributed by atoms with van der Waals surface area (Å²) in [7, 11) is 0. The van der Waals surface area contributed by atoms with Gasteiger partial charge in [-0.1, -0.05) is 6.07 Å². The van der Waals surface area contributed by atoms with Crippen molar-refractivity contribution in [2.24, 2.45) is 0 Å². The Morgan fingerprint density at radius 2 is 2.12 bits per heavy atom. The molecule has 2 aromatic rings. The Morgan fingerprint density at radius 1 is 1.25 bits per heavy atom. The Bertz CT molecular complexity index is 519. The maximum Gasteiger partial charge on any atom is 0.210 e. The highest BCUT2D eigenvalue weighted by Crippen LogP contribution is 2.23. The maximum atomic E-state index is 10.7. The first-order valence-electron chi connectivity index (χ1n) is 5.18. The lowest BCUT2D eigenvalue weighted by Gasteiger charge is -2.04. The zero-order valence-corrected chi connectivity index (χ0v) is 8.71. The SMILES string of the molecule is O=CN1Cc2ccc(-n3cccn3)cc2C1. The molecule has 4 heteroatoms. The van der Waals surface area contributed by atoms with E-state index in [1.54, 1.807) is 11.1 Å². The van der Waals surface area contributed by atoms with Crippen LogP contribution in [0.1, 0.15) is 11.1 Å². The van der Waals surface area contributed by atoms with E-state index in [-0.39, 0.29) is 0 Å². The van der Waals surface area contributed by atoms with E-state index in [9.17, 15) is 4.79 Å². The van der Waals surface area contributed by atoms with Crippen LogP contribution < -0.4 is 0 Å². The molecule has 0 atom stereocenters. The van der Waals surface area contributed by atoms with Crippen molar-refractivity contribution in [2.75, 3.05) is 0 Å². The van der Waals surface area contributed by atoms with Crippen molar-refractivity contribution < 1.29 is 4.79 Å². The molecule has 3 rings (SSSR count). The summed E-state index contributed by atoms with van der Waals surface area (Å²) >= 11 is 0. The van der Waals surface area contributed by atoms with Crippen LogP contribution in [0.3, 0.4) is 0 Å². The molecule has 0 radical (unpaired) electrons. The third-order valence-corrected chi connectivity index (χ3v) is 2.85. The summed E-state index contributed by atoms with van der Waals surface area (Å²) < 4.78 is 1.82. The van der Waals surface area contributed by atoms with Gasteiger partial charge in [0, 0.05) is 25.5 Å². The number of carbonyl (C=O) groups excluding carboxylic acids is 1. The van der Waals surface area contributed by atoms with E-state index in [4.69, 9.17) is 0 Å². The molecule has 0 saturated heterocycles. The molecule has 1 aromatic carbocycles. The zero-order valence-electron chi connectivity index (χ0n) is 8.71. The minimum absolute atomic E-state index is 0.702. The quantitative estimate of drug-likeness (QED) is 0.706. The van der Waals surface area contributed by atoms with Gasteiger partial charge in [0.05, 0.1) is 5.69 Å². The fourth-order valence-electron chi connectivity index (χ4n) is 2.05. The highest BCUT2D eigenvalue weighted by molar-refractivity contribution is 5.52. The molecule has 0 spiro atoms. The molecular formula is C12H11N3O. The van der Waals surface area contributed by atoms with Crippen molar-refractivity contribution in [1.29, 1.82) is 0 Å². The highest BCUT2D eigenvalue weighted by Gasteiger charge is 2.17. The van der Waals surface area contributed by atoms with Crippen LogP contribution in [0, 0.1) is 0 Å². The summed E-state index contributed by atoms with van der Waals surface area (Å²) in [6, 6.07) is 8.08. The van der Waals surface area contributed by atoms with Gasteiger partial charge in [0.25, 0.3) is 0 Å². The van der Waals surface area contributed by atoms with E-state index in [0.717, 1.165) is 18.6 Å². The van der Waals surface area contributed by atoms with Gasteiger partial charge < -0.3 is 4.90 Å². The van der Waals surface area contributed by atoms with Gasteiger partial charge in [-0.15, -0.1) is 0 Å². The second kappa shape index (κ2) is 3.48. The van der Waals surface area contributed by atoms with Crippen LogP contribution in [0.5, 0.6) is 0 Å². The van der Waals surface area contributed by atoms with Crippen LogP contribution in [-0.2, 0) is 17.9 Å². The van der Waals surface area contributed by atoms with Crippen LogP contribution in [-0.4, -0.2) is 21.1 Å². The number of benzene rings is 1. The molecule has 2 heterocycles. The van der Waals surface area contributed by atoms with Crippen molar-refractivity contribution in [1.82, 2.24) is 14.7 Å². The minimum Gasteiger partial charge on any atom is -0.337 e. The highest BCUT2D eigenvalue weighted by atomic mass is 16.1. The summed E-state index contributed by atoms with van der Waals surface area (Å²) in [6.07, 6.45) is 4.56. The molecule has 1 aliphatic heterocycles. The summed E-state index contributed by atoms with van der Waals surface area (Å²) in [5, 5.41) is 4.18. The molecule has 1 aliphatic rings. The van der Waals surface area contributed by atoms with Crippen molar-refractivity contribution in [3.8, 4) is 5.69 Å². The van der Waals surface area contributed by atoms with Crippen molar-refractivity contribution in [3.63, 3.8) is 0 Å². The van der Waals surface area contributed by atoms with Gasteiger partial charge in [0.2, 0.25) is 6.41 Å². The molecule has 1 amide bonds. The number of hydrogen-bond donors (Lipinski definition) is 0. The Kier molecular flexibility index (Phi) is 1.99. The van der Waals surface area contributed by atoms with Crippen molar-refractivity contribution >= 4 is 6.41 Å². The first-order chi connectivity index (χ1) is 7.86. The van der Waals surface area contributed by atoms with E-state index in [1.807, 2.05) is 23.0 Å². The summed E-state index contributed by atoms with van der Waals surface area (Å²) in [5.74, 6) is 0. The number of aromatic nitrogens is 2. The minimum atomic E-state index is 0.702. The number of rotatable bonds is 2. The molecular weight excluding hydrogens is 202 g/mol. The number of carbonyl (C=O) groups is 1. The Labute approximate surface area is 93.1 Å². The molecule has 0 bridgehead atoms. The number of fused-ring (bicyclic) bond motifs is 1. The molecule has 0 saturated carbocycles. The number of hydrogen-bond acceptors (Lipinski definition) is 2. The van der Waals surface area contributed by atoms with Gasteiger partial charge in [-0.3, -0.25) is 4.79 Å². The van der Waals surface area contributed by atoms with Crippen LogP contribution in [0.4, 0.5) is 0 Å². The smallest absolute Gasteiger partial charge is 0.210 e. The van der Waals surface area contributed by atoms with Gasteiger partial charge in [0.1, 0.15) is 0 Å². The molecule has 1 aromatic heterocycles. The molecule has 4 nitrogen and oxygen atoms in total. The lowest BCUT2D eigenvalue weighted by molar-refractivity contribution is -0.118. The van der Waals surface area contributed by atoms with Crippen LogP contribution in [0.15, 0.2) is 36.7 Å². The monoisotopic (exact) mass is 213 g/mol. The van der Waals surface area contributed by atoms with Gasteiger partial charge in [-0.05, 0) is 29.3 Å². The Morgan fingerprint density at radius 3 is 2.88 bits per heavy atom. The number of amides is 1. The molecule has 0 aliphatic carbocycles. The zero-order chi connectivity index (χ0) is 11.0. The fraction of sp³-hybridized carbons (Fsp3) is 0.167. The third-order valence-electron chi connectivity index (χ3n) is 2.85. The second-order valence-corrected chi connectivity index (χ2v) is 3.91. The molecule has 16 heavy (non-hydrogen) atoms. The van der Waals surface area contributed by atoms with Gasteiger partial charge >= 0.3 is 0 Å². The van der Waals surface area contributed by atoms with E-state index >= 15 is 0 Å². The normalized spacial score (nSPS) is 13.9. The van der Waals surface area contributed by atoms with Crippen LogP contribution >= 0.6 is 0 Å². The van der Waals surface area contributed by atoms with E-state index in [0.29, 0.717) is 6.54 Å². The summed E-state index contributed by atoms with van der Waals surface area (Å²) in [5.41, 5.74) is 3.47. The largest absolute Gasteiger partial charge is 0.337 e. The predicted molar refractivity (Wildman–Crippen MR) is 58.9 cm³/mol. The summed E-state index contributed by atoms with van der Waals surface area (Å²) in [6.45, 7) is 1.42. The predicted octanol–water partition coefficient (Wildman–Crippen LogP) is 1.34. The van der Waals surface area contributed by atoms with E-state index in [1.165, 1.54) is 11.1 Å². The lowest BCUT2D eigenvalue weighted by atomic mass is 10.1. The fourth-order valence-corrected chi connectivity index (χ4v) is 2.05. The average Bonchev–Trinajstić information content (AvgIpc) is 2.96. The Hall–Kier alpha value is -2.10. The van der Waals surface area contributed by atoms with Gasteiger partial charge in [-0.25, -0.2) is 4.68 Å². The van der Waals surface area contributed by atoms with E-state index < -0.39 is 0 Å². The van der Waals surface area contributed by atoms with Crippen LogP contribution in [0.25, 0.3) is 5.69 Å². The molecule has 80 valence electrons. The number of nitrogens with zero attached hydrogens (tertiary/aromatic N) is 3. The lowest BCUT2D eigenvalue weighted by Crippen LogP contribution is -2.12. The van der Waals surface area contributed by atoms with Gasteiger partial charge in [-0.2, -0.15) is 5.10 Å². The van der Waals surface area contributed by atoms with E-state index in [2.05, 4.69) is 17.2 Å². The molecule has 0 fully saturated rings. The third kappa shape index (κ3) is 1.39. The molecule has 0 N–H and O–H groups in total. The van der Waals surface area contributed by atoms with Crippen molar-refractivity contribution in [2.45, 2.75) is 13.1 Å². The average molecular weight is 213 g/mol. The van der Waals surface area contributed by atoms with Crippen molar-refractivity contribution in [3.05, 3.63) is 47.8 Å². The second-order valence-electron chi connectivity index (χ2n) is 3.91.